The Hall–Kier alpha value is -0.0400. The van der Waals surface area contributed by atoms with Crippen LogP contribution in [0.5, 0.6) is 0 Å². The van der Waals surface area contributed by atoms with Crippen LogP contribution >= 0.6 is 0 Å². The lowest BCUT2D eigenvalue weighted by Crippen LogP contribution is -2.40. The van der Waals surface area contributed by atoms with Crippen LogP contribution in [0.4, 0.5) is 0 Å². The zero-order chi connectivity index (χ0) is 9.10. The molecule has 0 aromatic rings. The molecule has 0 saturated heterocycles. The maximum Gasteiger partial charge on any atom is 0.0574 e. The second-order valence-corrected chi connectivity index (χ2v) is 5.84. The van der Waals surface area contributed by atoms with E-state index in [2.05, 4.69) is 6.92 Å². The highest BCUT2D eigenvalue weighted by atomic mass is 16.3. The molecule has 3 unspecified atom stereocenters. The van der Waals surface area contributed by atoms with Crippen molar-refractivity contribution >= 4 is 0 Å². The topological polar surface area (TPSA) is 20.2 Å². The molecule has 13 heavy (non-hydrogen) atoms. The first-order valence-corrected chi connectivity index (χ1v) is 5.86. The highest BCUT2D eigenvalue weighted by Gasteiger charge is 2.68. The summed E-state index contributed by atoms with van der Waals surface area (Å²) in [5.41, 5.74) is 1.21. The minimum absolute atomic E-state index is 0.0474. The Balaban J connectivity index is 1.92. The van der Waals surface area contributed by atoms with Crippen LogP contribution in [-0.4, -0.2) is 11.2 Å². The average molecular weight is 180 g/mol. The van der Waals surface area contributed by atoms with Crippen LogP contribution in [0, 0.1) is 16.7 Å². The third-order valence-electron chi connectivity index (χ3n) is 5.39. The Kier molecular flexibility index (Phi) is 1.47. The Morgan fingerprint density at radius 3 is 2.77 bits per heavy atom. The van der Waals surface area contributed by atoms with Gasteiger partial charge in [-0.05, 0) is 48.9 Å². The van der Waals surface area contributed by atoms with Crippen molar-refractivity contribution in [1.82, 2.24) is 0 Å². The van der Waals surface area contributed by atoms with E-state index in [0.717, 1.165) is 6.42 Å². The van der Waals surface area contributed by atoms with Crippen LogP contribution in [0.1, 0.15) is 51.9 Å². The molecule has 3 saturated carbocycles. The van der Waals surface area contributed by atoms with Gasteiger partial charge >= 0.3 is 0 Å². The summed E-state index contributed by atoms with van der Waals surface area (Å²) in [6.07, 6.45) is 9.42. The van der Waals surface area contributed by atoms with Gasteiger partial charge in [-0.3, -0.25) is 0 Å². The van der Waals surface area contributed by atoms with Gasteiger partial charge in [0, 0.05) is 0 Å². The molecule has 0 radical (unpaired) electrons. The number of rotatable bonds is 0. The molecule has 1 nitrogen and oxygen atoms in total. The summed E-state index contributed by atoms with van der Waals surface area (Å²) in [5, 5.41) is 9.87. The Labute approximate surface area is 80.5 Å². The Morgan fingerprint density at radius 2 is 1.92 bits per heavy atom. The number of aliphatic hydroxyl groups is 1. The first-order chi connectivity index (χ1) is 6.18. The molecule has 3 aliphatic rings. The minimum atomic E-state index is 0.0474. The SMILES string of the molecule is C[C@@]12CCCCC13CC3C(O)CC2. The lowest BCUT2D eigenvalue weighted by molar-refractivity contribution is -0.0175. The fraction of sp³-hybridized carbons (Fsp3) is 1.00. The highest BCUT2D eigenvalue weighted by molar-refractivity contribution is 5.17. The molecule has 1 heteroatoms. The molecule has 3 rings (SSSR count). The quantitative estimate of drug-likeness (QED) is 0.607. The third kappa shape index (κ3) is 0.869. The predicted octanol–water partition coefficient (Wildman–Crippen LogP) is 2.73. The minimum Gasteiger partial charge on any atom is -0.393 e. The monoisotopic (exact) mass is 180 g/mol. The zero-order valence-corrected chi connectivity index (χ0v) is 8.55. The van der Waals surface area contributed by atoms with E-state index >= 15 is 0 Å². The summed E-state index contributed by atoms with van der Waals surface area (Å²) in [4.78, 5) is 0. The molecule has 1 N–H and O–H groups in total. The molecular formula is C12H20O. The first-order valence-electron chi connectivity index (χ1n) is 5.86. The second-order valence-electron chi connectivity index (χ2n) is 5.84. The highest BCUT2D eigenvalue weighted by Crippen LogP contribution is 2.74. The van der Waals surface area contributed by atoms with E-state index in [4.69, 9.17) is 0 Å². The molecule has 1 spiro atoms. The smallest absolute Gasteiger partial charge is 0.0574 e. The fourth-order valence-electron chi connectivity index (χ4n) is 4.37. The van der Waals surface area contributed by atoms with E-state index in [1.807, 2.05) is 0 Å². The van der Waals surface area contributed by atoms with Crippen LogP contribution < -0.4 is 0 Å². The molecule has 0 amide bonds. The second kappa shape index (κ2) is 2.31. The summed E-state index contributed by atoms with van der Waals surface area (Å²) < 4.78 is 0. The van der Waals surface area contributed by atoms with Gasteiger partial charge in [0.1, 0.15) is 0 Å². The number of hydrogen-bond donors (Lipinski definition) is 1. The molecular weight excluding hydrogens is 160 g/mol. The maximum atomic E-state index is 9.87. The molecule has 0 heterocycles. The summed E-state index contributed by atoms with van der Waals surface area (Å²) >= 11 is 0. The lowest BCUT2D eigenvalue weighted by Gasteiger charge is -2.47. The van der Waals surface area contributed by atoms with Crippen LogP contribution in [-0.2, 0) is 0 Å². The lowest BCUT2D eigenvalue weighted by atomic mass is 9.58. The molecule has 4 atom stereocenters. The van der Waals surface area contributed by atoms with Crippen molar-refractivity contribution in [3.8, 4) is 0 Å². The van der Waals surface area contributed by atoms with Crippen molar-refractivity contribution in [2.45, 2.75) is 58.0 Å². The van der Waals surface area contributed by atoms with Gasteiger partial charge in [-0.1, -0.05) is 19.8 Å². The summed E-state index contributed by atoms with van der Waals surface area (Å²) in [6, 6.07) is 0. The van der Waals surface area contributed by atoms with Gasteiger partial charge in [0.2, 0.25) is 0 Å². The van der Waals surface area contributed by atoms with Crippen molar-refractivity contribution in [2.24, 2.45) is 16.7 Å². The van der Waals surface area contributed by atoms with Gasteiger partial charge in [0.15, 0.2) is 0 Å². The number of hydrogen-bond acceptors (Lipinski definition) is 1. The molecule has 0 aromatic heterocycles. The van der Waals surface area contributed by atoms with Crippen LogP contribution in [0.3, 0.4) is 0 Å². The molecule has 0 bridgehead atoms. The van der Waals surface area contributed by atoms with Gasteiger partial charge in [-0.2, -0.15) is 0 Å². The fourth-order valence-corrected chi connectivity index (χ4v) is 4.37. The van der Waals surface area contributed by atoms with E-state index in [1.54, 1.807) is 0 Å². The van der Waals surface area contributed by atoms with Crippen molar-refractivity contribution in [1.29, 1.82) is 0 Å². The maximum absolute atomic E-state index is 9.87. The van der Waals surface area contributed by atoms with Crippen molar-refractivity contribution in [3.63, 3.8) is 0 Å². The summed E-state index contributed by atoms with van der Waals surface area (Å²) in [5.74, 6) is 0.687. The standard InChI is InChI=1S/C12H20O/c1-11-5-2-3-6-12(11)8-9(12)10(13)4-7-11/h9-10,13H,2-8H2,1H3/t9?,10?,11-,12?/m0/s1. The molecule has 0 aliphatic heterocycles. The van der Waals surface area contributed by atoms with Crippen molar-refractivity contribution in [3.05, 3.63) is 0 Å². The van der Waals surface area contributed by atoms with Crippen LogP contribution in [0.25, 0.3) is 0 Å². The molecule has 3 fully saturated rings. The number of aliphatic hydroxyl groups excluding tert-OH is 1. The van der Waals surface area contributed by atoms with E-state index in [0.29, 0.717) is 16.7 Å². The average Bonchev–Trinajstić information content (AvgIpc) is 2.84. The van der Waals surface area contributed by atoms with E-state index in [-0.39, 0.29) is 6.10 Å². The van der Waals surface area contributed by atoms with Gasteiger partial charge in [0.05, 0.1) is 6.10 Å². The van der Waals surface area contributed by atoms with Gasteiger partial charge < -0.3 is 5.11 Å². The largest absolute Gasteiger partial charge is 0.393 e. The van der Waals surface area contributed by atoms with Crippen molar-refractivity contribution in [2.75, 3.05) is 0 Å². The zero-order valence-electron chi connectivity index (χ0n) is 8.55. The Bertz CT molecular complexity index is 237. The van der Waals surface area contributed by atoms with Crippen LogP contribution in [0.15, 0.2) is 0 Å². The molecule has 74 valence electrons. The van der Waals surface area contributed by atoms with Gasteiger partial charge in [-0.25, -0.2) is 0 Å². The Morgan fingerprint density at radius 1 is 1.15 bits per heavy atom. The van der Waals surface area contributed by atoms with E-state index < -0.39 is 0 Å². The van der Waals surface area contributed by atoms with Crippen LogP contribution in [0.2, 0.25) is 0 Å². The van der Waals surface area contributed by atoms with E-state index in [9.17, 15) is 5.11 Å². The summed E-state index contributed by atoms with van der Waals surface area (Å²) in [6.45, 7) is 2.48. The normalized spacial score (nSPS) is 59.5. The predicted molar refractivity (Wildman–Crippen MR) is 52.4 cm³/mol. The van der Waals surface area contributed by atoms with Gasteiger partial charge in [-0.15, -0.1) is 0 Å². The van der Waals surface area contributed by atoms with Gasteiger partial charge in [0.25, 0.3) is 0 Å². The van der Waals surface area contributed by atoms with Crippen molar-refractivity contribution < 1.29 is 5.11 Å². The van der Waals surface area contributed by atoms with E-state index in [1.165, 1.54) is 38.5 Å². The molecule has 3 aliphatic carbocycles. The first kappa shape index (κ1) is 8.28. The third-order valence-corrected chi connectivity index (χ3v) is 5.39. The summed E-state index contributed by atoms with van der Waals surface area (Å²) in [7, 11) is 0. The molecule has 0 aromatic carbocycles.